The first-order valence-electron chi connectivity index (χ1n) is 6.03. The van der Waals surface area contributed by atoms with Crippen LogP contribution in [-0.2, 0) is 14.8 Å². The lowest BCUT2D eigenvalue weighted by molar-refractivity contribution is -0.131. The Bertz CT molecular complexity index is 636. The van der Waals surface area contributed by atoms with E-state index in [1.165, 1.54) is 38.3 Å². The van der Waals surface area contributed by atoms with E-state index < -0.39 is 22.1 Å². The van der Waals surface area contributed by atoms with Gasteiger partial charge in [0.15, 0.2) is 0 Å². The molecular formula is C13H17NO6S. The van der Waals surface area contributed by atoms with Crippen molar-refractivity contribution in [3.8, 4) is 5.75 Å². The van der Waals surface area contributed by atoms with Crippen molar-refractivity contribution in [2.45, 2.75) is 17.9 Å². The quantitative estimate of drug-likeness (QED) is 0.630. The number of ether oxygens (including phenoxy) is 1. The van der Waals surface area contributed by atoms with Crippen LogP contribution < -0.4 is 9.46 Å². The zero-order valence-electron chi connectivity index (χ0n) is 11.6. The van der Waals surface area contributed by atoms with E-state index in [1.54, 1.807) is 0 Å². The van der Waals surface area contributed by atoms with Crippen molar-refractivity contribution in [1.29, 1.82) is 0 Å². The van der Waals surface area contributed by atoms with Crippen LogP contribution in [0.3, 0.4) is 0 Å². The summed E-state index contributed by atoms with van der Waals surface area (Å²) in [7, 11) is -2.55. The fourth-order valence-corrected chi connectivity index (χ4v) is 2.81. The zero-order valence-corrected chi connectivity index (χ0v) is 12.4. The molecule has 3 N–H and O–H groups in total. The minimum absolute atomic E-state index is 0.126. The molecule has 0 amide bonds. The van der Waals surface area contributed by atoms with Gasteiger partial charge >= 0.3 is 5.97 Å². The lowest BCUT2D eigenvalue weighted by Gasteiger charge is -2.12. The van der Waals surface area contributed by atoms with Crippen molar-refractivity contribution >= 4 is 22.1 Å². The Morgan fingerprint density at radius 2 is 2.14 bits per heavy atom. The number of aliphatic hydroxyl groups excluding tert-OH is 1. The molecule has 116 valence electrons. The molecule has 0 bridgehead atoms. The van der Waals surface area contributed by atoms with Gasteiger partial charge in [-0.3, -0.25) is 0 Å². The van der Waals surface area contributed by atoms with E-state index in [1.807, 2.05) is 0 Å². The van der Waals surface area contributed by atoms with Crippen LogP contribution in [0.1, 0.15) is 12.5 Å². The SMILES string of the molecule is COc1ccc(/C=C/C(=O)O)cc1S(=O)(=O)NC[C@H](C)O. The summed E-state index contributed by atoms with van der Waals surface area (Å²) in [6.07, 6.45) is 1.34. The average Bonchev–Trinajstić information content (AvgIpc) is 2.42. The molecule has 0 aliphatic carbocycles. The molecule has 0 heterocycles. The van der Waals surface area contributed by atoms with E-state index >= 15 is 0 Å². The second kappa shape index (κ2) is 7.21. The van der Waals surface area contributed by atoms with Crippen LogP contribution in [0, 0.1) is 0 Å². The zero-order chi connectivity index (χ0) is 16.0. The van der Waals surface area contributed by atoms with Gasteiger partial charge in [0.05, 0.1) is 13.2 Å². The van der Waals surface area contributed by atoms with Crippen LogP contribution in [0.4, 0.5) is 0 Å². The number of carboxylic acid groups (broad SMARTS) is 1. The number of aliphatic carboxylic acids is 1. The van der Waals surface area contributed by atoms with Gasteiger partial charge in [-0.15, -0.1) is 0 Å². The number of carboxylic acids is 1. The Kier molecular flexibility index (Phi) is 5.89. The Morgan fingerprint density at radius 3 is 2.67 bits per heavy atom. The topological polar surface area (TPSA) is 113 Å². The maximum atomic E-state index is 12.2. The average molecular weight is 315 g/mol. The van der Waals surface area contributed by atoms with Crippen molar-refractivity contribution in [3.63, 3.8) is 0 Å². The highest BCUT2D eigenvalue weighted by Crippen LogP contribution is 2.25. The van der Waals surface area contributed by atoms with Gasteiger partial charge in [0, 0.05) is 12.6 Å². The van der Waals surface area contributed by atoms with Crippen molar-refractivity contribution in [3.05, 3.63) is 29.8 Å². The van der Waals surface area contributed by atoms with Gasteiger partial charge in [-0.25, -0.2) is 17.9 Å². The van der Waals surface area contributed by atoms with E-state index in [0.717, 1.165) is 6.08 Å². The molecule has 8 heteroatoms. The molecule has 7 nitrogen and oxygen atoms in total. The molecule has 1 atom stereocenters. The first-order valence-corrected chi connectivity index (χ1v) is 7.51. The van der Waals surface area contributed by atoms with Crippen LogP contribution in [0.5, 0.6) is 5.75 Å². The second-order valence-electron chi connectivity index (χ2n) is 4.28. The molecule has 1 aromatic rings. The molecule has 21 heavy (non-hydrogen) atoms. The number of nitrogens with one attached hydrogen (secondary N) is 1. The normalized spacial score (nSPS) is 13.3. The lowest BCUT2D eigenvalue weighted by Crippen LogP contribution is -2.30. The molecule has 0 radical (unpaired) electrons. The summed E-state index contributed by atoms with van der Waals surface area (Å²) in [6.45, 7) is 1.31. The maximum Gasteiger partial charge on any atom is 0.328 e. The third-order valence-corrected chi connectivity index (χ3v) is 3.91. The molecule has 0 unspecified atom stereocenters. The van der Waals surface area contributed by atoms with Crippen molar-refractivity contribution in [1.82, 2.24) is 4.72 Å². The van der Waals surface area contributed by atoms with Crippen molar-refractivity contribution in [2.24, 2.45) is 0 Å². The molecule has 0 saturated heterocycles. The highest BCUT2D eigenvalue weighted by molar-refractivity contribution is 7.89. The van der Waals surface area contributed by atoms with E-state index in [9.17, 15) is 13.2 Å². The highest BCUT2D eigenvalue weighted by atomic mass is 32.2. The number of hydrogen-bond donors (Lipinski definition) is 3. The number of aliphatic hydroxyl groups is 1. The van der Waals surface area contributed by atoms with Gasteiger partial charge in [0.25, 0.3) is 0 Å². The van der Waals surface area contributed by atoms with E-state index in [2.05, 4.69) is 4.72 Å². The largest absolute Gasteiger partial charge is 0.495 e. The predicted octanol–water partition coefficient (Wildman–Crippen LogP) is 0.452. The number of benzene rings is 1. The summed E-state index contributed by atoms with van der Waals surface area (Å²) >= 11 is 0. The van der Waals surface area contributed by atoms with Crippen molar-refractivity contribution in [2.75, 3.05) is 13.7 Å². The Balaban J connectivity index is 3.19. The molecule has 1 aromatic carbocycles. The number of methoxy groups -OCH3 is 1. The molecule has 0 aromatic heterocycles. The number of sulfonamides is 1. The Morgan fingerprint density at radius 1 is 1.48 bits per heavy atom. The third kappa shape index (κ3) is 5.18. The highest BCUT2D eigenvalue weighted by Gasteiger charge is 2.20. The monoisotopic (exact) mass is 315 g/mol. The number of carbonyl (C=O) groups is 1. The Hall–Kier alpha value is -1.90. The Labute approximate surface area is 122 Å². The van der Waals surface area contributed by atoms with E-state index in [4.69, 9.17) is 14.9 Å². The molecular weight excluding hydrogens is 298 g/mol. The molecule has 0 fully saturated rings. The molecule has 1 rings (SSSR count). The molecule has 0 aliphatic rings. The first-order chi connectivity index (χ1) is 9.76. The minimum atomic E-state index is -3.88. The van der Waals surface area contributed by atoms with Gasteiger partial charge in [0.2, 0.25) is 10.0 Å². The summed E-state index contributed by atoms with van der Waals surface area (Å²) in [5.41, 5.74) is 0.399. The van der Waals surface area contributed by atoms with E-state index in [0.29, 0.717) is 5.56 Å². The fraction of sp³-hybridized carbons (Fsp3) is 0.308. The first kappa shape index (κ1) is 17.2. The molecule has 0 saturated carbocycles. The van der Waals surface area contributed by atoms with Crippen LogP contribution in [-0.4, -0.2) is 44.4 Å². The van der Waals surface area contributed by atoms with Crippen LogP contribution in [0.2, 0.25) is 0 Å². The van der Waals surface area contributed by atoms with Gasteiger partial charge < -0.3 is 14.9 Å². The standard InChI is InChI=1S/C13H17NO6S/c1-9(15)8-14-21(18,19)12-7-10(4-6-13(16)17)3-5-11(12)20-2/h3-7,9,14-15H,8H2,1-2H3,(H,16,17)/b6-4+/t9-/m0/s1. The lowest BCUT2D eigenvalue weighted by atomic mass is 10.2. The van der Waals surface area contributed by atoms with Crippen molar-refractivity contribution < 1.29 is 28.2 Å². The summed E-state index contributed by atoms with van der Waals surface area (Å²) < 4.78 is 31.6. The number of hydrogen-bond acceptors (Lipinski definition) is 5. The van der Waals surface area contributed by atoms with Gasteiger partial charge in [-0.1, -0.05) is 6.07 Å². The van der Waals surface area contributed by atoms with Crippen LogP contribution in [0.15, 0.2) is 29.2 Å². The third-order valence-electron chi connectivity index (χ3n) is 2.46. The van der Waals surface area contributed by atoms with Crippen LogP contribution in [0.25, 0.3) is 6.08 Å². The number of rotatable bonds is 7. The van der Waals surface area contributed by atoms with Crippen LogP contribution >= 0.6 is 0 Å². The molecule has 0 spiro atoms. The van der Waals surface area contributed by atoms with Gasteiger partial charge in [0.1, 0.15) is 10.6 Å². The minimum Gasteiger partial charge on any atom is -0.495 e. The van der Waals surface area contributed by atoms with Gasteiger partial charge in [-0.2, -0.15) is 0 Å². The maximum absolute atomic E-state index is 12.2. The predicted molar refractivity (Wildman–Crippen MR) is 76.5 cm³/mol. The van der Waals surface area contributed by atoms with E-state index in [-0.39, 0.29) is 17.2 Å². The summed E-state index contributed by atoms with van der Waals surface area (Å²) in [4.78, 5) is 10.4. The second-order valence-corrected chi connectivity index (χ2v) is 6.02. The summed E-state index contributed by atoms with van der Waals surface area (Å²) in [5.74, 6) is -1.01. The molecule has 0 aliphatic heterocycles. The van der Waals surface area contributed by atoms with Gasteiger partial charge in [-0.05, 0) is 30.7 Å². The summed E-state index contributed by atoms with van der Waals surface area (Å²) in [5, 5.41) is 17.7. The summed E-state index contributed by atoms with van der Waals surface area (Å²) in [6, 6.07) is 4.26. The fourth-order valence-electron chi connectivity index (χ4n) is 1.48. The smallest absolute Gasteiger partial charge is 0.328 e.